The van der Waals surface area contributed by atoms with E-state index >= 15 is 0 Å². The maximum Gasteiger partial charge on any atom is 0.317 e. The first-order valence-electron chi connectivity index (χ1n) is 7.21. The molecule has 0 atom stereocenters. The fraction of sp³-hybridized carbons (Fsp3) is 0.562. The van der Waals surface area contributed by atoms with Crippen LogP contribution in [0.25, 0.3) is 0 Å². The number of carbonyl (C=O) groups is 1. The molecule has 1 saturated carbocycles. The zero-order valence-electron chi connectivity index (χ0n) is 12.6. The zero-order chi connectivity index (χ0) is 14.6. The van der Waals surface area contributed by atoms with Crippen molar-refractivity contribution < 1.29 is 9.53 Å². The Morgan fingerprint density at radius 1 is 1.15 bits per heavy atom. The summed E-state index contributed by atoms with van der Waals surface area (Å²) < 4.78 is 5.21. The standard InChI is InChI=1S/C16H24N2O2/c1-18(2)15(19)17-16(11-5-4-6-12-16)13-7-9-14(20-3)10-8-13/h7-10H,4-6,11-12H2,1-3H3,(H,17,19). The van der Waals surface area contributed by atoms with Gasteiger partial charge in [-0.05, 0) is 30.5 Å². The number of nitrogens with zero attached hydrogens (tertiary/aromatic N) is 1. The fourth-order valence-corrected chi connectivity index (χ4v) is 2.87. The lowest BCUT2D eigenvalue weighted by Crippen LogP contribution is -2.50. The molecule has 0 bridgehead atoms. The van der Waals surface area contributed by atoms with Crippen LogP contribution in [-0.2, 0) is 5.54 Å². The lowest BCUT2D eigenvalue weighted by Gasteiger charge is -2.39. The molecule has 1 fully saturated rings. The van der Waals surface area contributed by atoms with Crippen molar-refractivity contribution in [3.8, 4) is 5.75 Å². The van der Waals surface area contributed by atoms with Crippen molar-refractivity contribution in [1.82, 2.24) is 10.2 Å². The number of nitrogens with one attached hydrogen (secondary N) is 1. The molecule has 4 nitrogen and oxygen atoms in total. The summed E-state index contributed by atoms with van der Waals surface area (Å²) in [5, 5.41) is 3.23. The molecule has 0 spiro atoms. The largest absolute Gasteiger partial charge is 0.497 e. The Hall–Kier alpha value is -1.71. The van der Waals surface area contributed by atoms with Gasteiger partial charge in [-0.1, -0.05) is 31.4 Å². The van der Waals surface area contributed by atoms with Gasteiger partial charge in [0.25, 0.3) is 0 Å². The molecule has 0 saturated heterocycles. The third-order valence-electron chi connectivity index (χ3n) is 4.10. The Bertz CT molecular complexity index is 448. The van der Waals surface area contributed by atoms with Crippen molar-refractivity contribution in [3.05, 3.63) is 29.8 Å². The zero-order valence-corrected chi connectivity index (χ0v) is 12.6. The highest BCUT2D eigenvalue weighted by Gasteiger charge is 2.35. The van der Waals surface area contributed by atoms with Crippen molar-refractivity contribution >= 4 is 6.03 Å². The minimum atomic E-state index is -0.230. The second-order valence-corrected chi connectivity index (χ2v) is 5.70. The van der Waals surface area contributed by atoms with Crippen LogP contribution in [0.1, 0.15) is 37.7 Å². The average molecular weight is 276 g/mol. The summed E-state index contributed by atoms with van der Waals surface area (Å²) in [4.78, 5) is 13.7. The molecule has 1 N–H and O–H groups in total. The van der Waals surface area contributed by atoms with Crippen LogP contribution in [0.5, 0.6) is 5.75 Å². The monoisotopic (exact) mass is 276 g/mol. The summed E-state index contributed by atoms with van der Waals surface area (Å²) in [6.07, 6.45) is 5.55. The number of benzene rings is 1. The number of hydrogen-bond donors (Lipinski definition) is 1. The van der Waals surface area contributed by atoms with Crippen molar-refractivity contribution in [2.45, 2.75) is 37.6 Å². The first kappa shape index (κ1) is 14.7. The van der Waals surface area contributed by atoms with Gasteiger partial charge >= 0.3 is 6.03 Å². The van der Waals surface area contributed by atoms with Crippen molar-refractivity contribution in [2.75, 3.05) is 21.2 Å². The van der Waals surface area contributed by atoms with Gasteiger partial charge in [0.15, 0.2) is 0 Å². The number of carbonyl (C=O) groups excluding carboxylic acids is 1. The Kier molecular flexibility index (Phi) is 4.53. The van der Waals surface area contributed by atoms with Crippen LogP contribution in [0.15, 0.2) is 24.3 Å². The van der Waals surface area contributed by atoms with E-state index in [-0.39, 0.29) is 11.6 Å². The predicted octanol–water partition coefficient (Wildman–Crippen LogP) is 3.13. The molecular formula is C16H24N2O2. The predicted molar refractivity (Wildman–Crippen MR) is 80.0 cm³/mol. The summed E-state index contributed by atoms with van der Waals surface area (Å²) in [6.45, 7) is 0. The number of hydrogen-bond acceptors (Lipinski definition) is 2. The summed E-state index contributed by atoms with van der Waals surface area (Å²) in [5.41, 5.74) is 0.944. The Labute approximate surface area is 121 Å². The summed E-state index contributed by atoms with van der Waals surface area (Å²) in [6, 6.07) is 8.05. The van der Waals surface area contributed by atoms with E-state index in [2.05, 4.69) is 17.4 Å². The van der Waals surface area contributed by atoms with E-state index in [1.807, 2.05) is 12.1 Å². The van der Waals surface area contributed by atoms with Crippen LogP contribution < -0.4 is 10.1 Å². The molecule has 2 rings (SSSR count). The number of ether oxygens (including phenoxy) is 1. The van der Waals surface area contributed by atoms with Crippen LogP contribution in [-0.4, -0.2) is 32.1 Å². The number of methoxy groups -OCH3 is 1. The minimum absolute atomic E-state index is 0.0253. The maximum absolute atomic E-state index is 12.1. The van der Waals surface area contributed by atoms with Crippen LogP contribution in [0.2, 0.25) is 0 Å². The molecule has 0 aliphatic heterocycles. The topological polar surface area (TPSA) is 41.6 Å². The molecule has 1 aromatic carbocycles. The van der Waals surface area contributed by atoms with E-state index in [9.17, 15) is 4.79 Å². The van der Waals surface area contributed by atoms with Crippen LogP contribution in [0.3, 0.4) is 0 Å². The van der Waals surface area contributed by atoms with Crippen LogP contribution in [0.4, 0.5) is 4.79 Å². The van der Waals surface area contributed by atoms with E-state index in [1.54, 1.807) is 26.1 Å². The third-order valence-corrected chi connectivity index (χ3v) is 4.10. The molecule has 0 aromatic heterocycles. The second kappa shape index (κ2) is 6.16. The highest BCUT2D eigenvalue weighted by atomic mass is 16.5. The minimum Gasteiger partial charge on any atom is -0.497 e. The highest BCUT2D eigenvalue weighted by Crippen LogP contribution is 2.37. The van der Waals surface area contributed by atoms with Gasteiger partial charge in [0.05, 0.1) is 12.6 Å². The Morgan fingerprint density at radius 2 is 1.75 bits per heavy atom. The normalized spacial score (nSPS) is 17.4. The van der Waals surface area contributed by atoms with Crippen molar-refractivity contribution in [3.63, 3.8) is 0 Å². The molecule has 1 aliphatic carbocycles. The van der Waals surface area contributed by atoms with E-state index in [1.165, 1.54) is 12.0 Å². The molecule has 1 aromatic rings. The number of urea groups is 1. The molecule has 20 heavy (non-hydrogen) atoms. The lowest BCUT2D eigenvalue weighted by atomic mass is 9.76. The third kappa shape index (κ3) is 3.06. The maximum atomic E-state index is 12.1. The summed E-state index contributed by atoms with van der Waals surface area (Å²) in [7, 11) is 5.22. The smallest absolute Gasteiger partial charge is 0.317 e. The first-order chi connectivity index (χ1) is 9.57. The van der Waals surface area contributed by atoms with Crippen molar-refractivity contribution in [1.29, 1.82) is 0 Å². The van der Waals surface area contributed by atoms with E-state index in [0.29, 0.717) is 0 Å². The Morgan fingerprint density at radius 3 is 2.25 bits per heavy atom. The van der Waals surface area contributed by atoms with Gasteiger partial charge in [-0.3, -0.25) is 0 Å². The lowest BCUT2D eigenvalue weighted by molar-refractivity contribution is 0.182. The fourth-order valence-electron chi connectivity index (χ4n) is 2.87. The molecule has 1 aliphatic rings. The van der Waals surface area contributed by atoms with Crippen LogP contribution in [0, 0.1) is 0 Å². The molecule has 0 unspecified atom stereocenters. The molecule has 2 amide bonds. The SMILES string of the molecule is COc1ccc(C2(NC(=O)N(C)C)CCCCC2)cc1. The highest BCUT2D eigenvalue weighted by molar-refractivity contribution is 5.74. The molecule has 0 radical (unpaired) electrons. The second-order valence-electron chi connectivity index (χ2n) is 5.70. The van der Waals surface area contributed by atoms with Gasteiger partial charge in [-0.2, -0.15) is 0 Å². The van der Waals surface area contributed by atoms with Gasteiger partial charge in [0.2, 0.25) is 0 Å². The first-order valence-corrected chi connectivity index (χ1v) is 7.21. The quantitative estimate of drug-likeness (QED) is 0.921. The molecule has 0 heterocycles. The molecule has 4 heteroatoms. The van der Waals surface area contributed by atoms with Gasteiger partial charge in [-0.15, -0.1) is 0 Å². The van der Waals surface area contributed by atoms with Gasteiger partial charge < -0.3 is 15.0 Å². The average Bonchev–Trinajstić information content (AvgIpc) is 2.48. The van der Waals surface area contributed by atoms with E-state index in [0.717, 1.165) is 31.4 Å². The summed E-state index contributed by atoms with van der Waals surface area (Å²) in [5.74, 6) is 0.846. The van der Waals surface area contributed by atoms with Crippen LogP contribution >= 0.6 is 0 Å². The number of amides is 2. The molecule has 110 valence electrons. The van der Waals surface area contributed by atoms with Gasteiger partial charge in [0, 0.05) is 14.1 Å². The summed E-state index contributed by atoms with van der Waals surface area (Å²) >= 11 is 0. The van der Waals surface area contributed by atoms with Gasteiger partial charge in [0.1, 0.15) is 5.75 Å². The van der Waals surface area contributed by atoms with Crippen molar-refractivity contribution in [2.24, 2.45) is 0 Å². The van der Waals surface area contributed by atoms with E-state index in [4.69, 9.17) is 4.74 Å². The van der Waals surface area contributed by atoms with Gasteiger partial charge in [-0.25, -0.2) is 4.79 Å². The van der Waals surface area contributed by atoms with E-state index < -0.39 is 0 Å². The molecular weight excluding hydrogens is 252 g/mol. The number of rotatable bonds is 3. The Balaban J connectivity index is 2.27.